The summed E-state index contributed by atoms with van der Waals surface area (Å²) in [5, 5.41) is 0. The third-order valence-electron chi connectivity index (χ3n) is 4.19. The number of aromatic nitrogens is 2. The fourth-order valence-corrected chi connectivity index (χ4v) is 2.64. The molecule has 0 bridgehead atoms. The maximum atomic E-state index is 4.37. The van der Waals surface area contributed by atoms with Crippen LogP contribution in [0, 0.1) is 13.8 Å². The van der Waals surface area contributed by atoms with Gasteiger partial charge >= 0.3 is 0 Å². The highest BCUT2D eigenvalue weighted by Gasteiger charge is 2.08. The van der Waals surface area contributed by atoms with Gasteiger partial charge in [0.25, 0.3) is 0 Å². The maximum absolute atomic E-state index is 4.37. The van der Waals surface area contributed by atoms with Crippen LogP contribution in [0.15, 0.2) is 95.3 Å². The molecule has 4 nitrogen and oxygen atoms in total. The van der Waals surface area contributed by atoms with Gasteiger partial charge < -0.3 is 0 Å². The van der Waals surface area contributed by atoms with Crippen LogP contribution in [0.25, 0.3) is 0 Å². The van der Waals surface area contributed by atoms with Gasteiger partial charge in [0.1, 0.15) is 0 Å². The minimum absolute atomic E-state index is 0. The van der Waals surface area contributed by atoms with E-state index in [4.69, 9.17) is 0 Å². The third kappa shape index (κ3) is 16.8. The Morgan fingerprint density at radius 2 is 1.14 bits per heavy atom. The number of fused-ring (bicyclic) bond motifs is 1. The molecule has 0 radical (unpaired) electrons. The summed E-state index contributed by atoms with van der Waals surface area (Å²) in [5.41, 5.74) is 7.10. The smallest absolute Gasteiger partial charge is 0.0664 e. The zero-order chi connectivity index (χ0) is 25.6. The minimum atomic E-state index is 0. The lowest BCUT2D eigenvalue weighted by Gasteiger charge is -1.91. The normalized spacial score (nSPS) is 11.2. The summed E-state index contributed by atoms with van der Waals surface area (Å²) in [7, 11) is 0. The Kier molecular flexibility index (Phi) is 21.6. The van der Waals surface area contributed by atoms with Gasteiger partial charge in [0, 0.05) is 54.2 Å². The van der Waals surface area contributed by atoms with E-state index >= 15 is 0 Å². The Morgan fingerprint density at radius 1 is 0.629 bits per heavy atom. The number of rotatable bonds is 0. The highest BCUT2D eigenvalue weighted by molar-refractivity contribution is 5.91. The van der Waals surface area contributed by atoms with Gasteiger partial charge in [-0.25, -0.2) is 0 Å². The molecule has 0 N–H and O–H groups in total. The number of nitrogens with zero attached hydrogens (tertiary/aromatic N) is 4. The highest BCUT2D eigenvalue weighted by atomic mass is 14.8. The van der Waals surface area contributed by atoms with Gasteiger partial charge in [-0.2, -0.15) is 0 Å². The Labute approximate surface area is 215 Å². The van der Waals surface area contributed by atoms with Crippen molar-refractivity contribution in [2.24, 2.45) is 9.98 Å². The first-order valence-electron chi connectivity index (χ1n) is 12.1. The molecule has 4 heteroatoms. The van der Waals surface area contributed by atoms with Crippen LogP contribution in [0.3, 0.4) is 0 Å². The Morgan fingerprint density at radius 3 is 1.46 bits per heavy atom. The zero-order valence-corrected chi connectivity index (χ0v) is 22.3. The summed E-state index contributed by atoms with van der Waals surface area (Å²) >= 11 is 0. The summed E-state index contributed by atoms with van der Waals surface area (Å²) in [4.78, 5) is 16.3. The number of aryl methyl sites for hydroxylation is 2. The van der Waals surface area contributed by atoms with Crippen LogP contribution in [0.4, 0.5) is 5.69 Å². The van der Waals surface area contributed by atoms with Crippen molar-refractivity contribution < 1.29 is 0 Å². The molecule has 0 aliphatic carbocycles. The monoisotopic (exact) mass is 474 g/mol. The molecule has 0 amide bonds. The molecule has 1 aromatic carbocycles. The van der Waals surface area contributed by atoms with E-state index < -0.39 is 0 Å². The lowest BCUT2D eigenvalue weighted by Crippen LogP contribution is -1.87. The molecule has 4 heterocycles. The van der Waals surface area contributed by atoms with Crippen molar-refractivity contribution in [3.05, 3.63) is 102 Å². The summed E-state index contributed by atoms with van der Waals surface area (Å²) < 4.78 is 0. The molecule has 3 aromatic rings. The lowest BCUT2D eigenvalue weighted by atomic mass is 10.1. The highest BCUT2D eigenvalue weighted by Crippen LogP contribution is 2.25. The van der Waals surface area contributed by atoms with Gasteiger partial charge in [0.15, 0.2) is 0 Å². The van der Waals surface area contributed by atoms with Gasteiger partial charge in [0.2, 0.25) is 0 Å². The first-order valence-corrected chi connectivity index (χ1v) is 12.1. The van der Waals surface area contributed by atoms with E-state index in [0.717, 1.165) is 29.9 Å². The number of benzene rings is 1. The summed E-state index contributed by atoms with van der Waals surface area (Å²) in [6.07, 6.45) is 9.56. The lowest BCUT2D eigenvalue weighted by molar-refractivity contribution is 1.20. The number of allylic oxidation sites excluding steroid dienone is 1. The van der Waals surface area contributed by atoms with Crippen LogP contribution in [0.2, 0.25) is 0 Å². The van der Waals surface area contributed by atoms with E-state index in [2.05, 4.69) is 51.2 Å². The standard InChI is InChI=1S/C9H9N.2C6H7N.C5H7N.2C2H6.CH4/c1-7-6-8-4-2-3-5-9(8)10-7;2*1-6-4-2-3-5-7-6;1-5-3-2-4-6-5;2*1-2;/h2-5H,6H2,1H3;2*2-5H,1H3;2,4H,3H2,1H3;2*1-2H3;1H4. The Balaban J connectivity index is 0. The maximum Gasteiger partial charge on any atom is 0.0664 e. The average Bonchev–Trinajstić information content (AvgIpc) is 3.51. The predicted octanol–water partition coefficient (Wildman–Crippen LogP) is 9.17. The van der Waals surface area contributed by atoms with Gasteiger partial charge in [-0.3, -0.25) is 20.0 Å². The SMILES string of the molecule is C.CC.CC.CC1=NC=CC1.CC1=Nc2ccccc2C1.Cc1ccccn1.Cc1ccccn1. The summed E-state index contributed by atoms with van der Waals surface area (Å²) in [6.45, 7) is 16.0. The number of hydrogen-bond donors (Lipinski definition) is 0. The third-order valence-corrected chi connectivity index (χ3v) is 4.19. The van der Waals surface area contributed by atoms with Crippen LogP contribution >= 0.6 is 0 Å². The van der Waals surface area contributed by atoms with Crippen LogP contribution < -0.4 is 0 Å². The second-order valence-corrected chi connectivity index (χ2v) is 7.05. The van der Waals surface area contributed by atoms with Crippen LogP contribution in [0.1, 0.15) is 72.3 Å². The van der Waals surface area contributed by atoms with Gasteiger partial charge in [-0.05, 0) is 63.6 Å². The van der Waals surface area contributed by atoms with E-state index in [1.54, 1.807) is 12.4 Å². The van der Waals surface area contributed by atoms with Crippen molar-refractivity contribution in [2.45, 2.75) is 75.7 Å². The van der Waals surface area contributed by atoms with Crippen LogP contribution in [-0.2, 0) is 6.42 Å². The molecule has 0 saturated carbocycles. The van der Waals surface area contributed by atoms with E-state index in [1.165, 1.54) is 17.0 Å². The molecule has 0 spiro atoms. The first-order chi connectivity index (χ1) is 16.5. The van der Waals surface area contributed by atoms with Crippen molar-refractivity contribution >= 4 is 17.1 Å². The number of pyridine rings is 2. The van der Waals surface area contributed by atoms with E-state index in [9.17, 15) is 0 Å². The molecule has 0 saturated heterocycles. The van der Waals surface area contributed by atoms with Crippen molar-refractivity contribution in [1.29, 1.82) is 0 Å². The van der Waals surface area contributed by atoms with Crippen molar-refractivity contribution in [3.8, 4) is 0 Å². The number of hydrogen-bond acceptors (Lipinski definition) is 4. The van der Waals surface area contributed by atoms with Crippen LogP contribution in [-0.4, -0.2) is 21.4 Å². The number of aliphatic imine (C=N–C) groups is 2. The molecule has 2 aromatic heterocycles. The minimum Gasteiger partial charge on any atom is -0.266 e. The zero-order valence-electron chi connectivity index (χ0n) is 22.3. The topological polar surface area (TPSA) is 50.5 Å². The molecule has 190 valence electrons. The fourth-order valence-electron chi connectivity index (χ4n) is 2.64. The molecule has 0 atom stereocenters. The van der Waals surface area contributed by atoms with E-state index in [-0.39, 0.29) is 7.43 Å². The summed E-state index contributed by atoms with van der Waals surface area (Å²) in [5.74, 6) is 0. The number of para-hydroxylation sites is 1. The average molecular weight is 475 g/mol. The van der Waals surface area contributed by atoms with E-state index in [0.29, 0.717) is 0 Å². The first kappa shape index (κ1) is 33.8. The van der Waals surface area contributed by atoms with Gasteiger partial charge in [-0.1, -0.05) is 71.5 Å². The van der Waals surface area contributed by atoms with Crippen molar-refractivity contribution in [3.63, 3.8) is 0 Å². The summed E-state index contributed by atoms with van der Waals surface area (Å²) in [6, 6.07) is 20.0. The second-order valence-electron chi connectivity index (χ2n) is 7.05. The Hall–Kier alpha value is -3.40. The molecule has 0 fully saturated rings. The molecule has 0 unspecified atom stereocenters. The molecule has 5 rings (SSSR count). The molecule has 2 aliphatic heterocycles. The molecular formula is C31H46N4. The van der Waals surface area contributed by atoms with Crippen molar-refractivity contribution in [1.82, 2.24) is 9.97 Å². The Bertz CT molecular complexity index is 938. The molecule has 2 aliphatic rings. The second kappa shape index (κ2) is 22.4. The van der Waals surface area contributed by atoms with Crippen molar-refractivity contribution in [2.75, 3.05) is 0 Å². The van der Waals surface area contributed by atoms with Gasteiger partial charge in [0.05, 0.1) is 5.69 Å². The van der Waals surface area contributed by atoms with Gasteiger partial charge in [-0.15, -0.1) is 0 Å². The molecular weight excluding hydrogens is 428 g/mol. The quantitative estimate of drug-likeness (QED) is 0.326. The van der Waals surface area contributed by atoms with Crippen LogP contribution in [0.5, 0.6) is 0 Å². The van der Waals surface area contributed by atoms with E-state index in [1.807, 2.05) is 97.1 Å². The fraction of sp³-hybridized carbons (Fsp3) is 0.355. The molecule has 35 heavy (non-hydrogen) atoms. The largest absolute Gasteiger partial charge is 0.266 e. The predicted molar refractivity (Wildman–Crippen MR) is 157 cm³/mol.